The quantitative estimate of drug-likeness (QED) is 0.330. The van der Waals surface area contributed by atoms with Crippen LogP contribution in [0.2, 0.25) is 0 Å². The van der Waals surface area contributed by atoms with E-state index in [1.807, 2.05) is 30.5 Å². The molecular formula is C23H19FN2O3S2. The van der Waals surface area contributed by atoms with Crippen molar-refractivity contribution in [2.24, 2.45) is 0 Å². The van der Waals surface area contributed by atoms with Gasteiger partial charge in [0, 0.05) is 22.0 Å². The summed E-state index contributed by atoms with van der Waals surface area (Å²) >= 11 is 1.52. The van der Waals surface area contributed by atoms with Crippen LogP contribution in [-0.2, 0) is 21.2 Å². The molecule has 1 N–H and O–H groups in total. The Bertz CT molecular complexity index is 1360. The fourth-order valence-corrected chi connectivity index (χ4v) is 5.42. The van der Waals surface area contributed by atoms with Gasteiger partial charge in [-0.2, -0.15) is 0 Å². The minimum Gasteiger partial charge on any atom is -0.337 e. The van der Waals surface area contributed by atoms with E-state index in [9.17, 15) is 17.6 Å². The summed E-state index contributed by atoms with van der Waals surface area (Å²) in [6, 6.07) is 19.2. The summed E-state index contributed by atoms with van der Waals surface area (Å²) in [6.07, 6.45) is 3.39. The molecule has 1 heterocycles. The smallest absolute Gasteiger partial charge is 0.244 e. The van der Waals surface area contributed by atoms with Gasteiger partial charge in [0.1, 0.15) is 12.4 Å². The van der Waals surface area contributed by atoms with Gasteiger partial charge >= 0.3 is 0 Å². The van der Waals surface area contributed by atoms with E-state index in [0.29, 0.717) is 16.6 Å². The standard InChI is InChI=1S/C23H19FN2O3S2/c1-30-21-9-5-3-7-19(21)25-23(27)15-26-14-22(18-6-2-4-8-20(18)26)31(28,29)17-12-10-16(24)11-13-17/h2-14H,15H2,1H3,(H,25,27). The Morgan fingerprint density at radius 2 is 1.68 bits per heavy atom. The van der Waals surface area contributed by atoms with Gasteiger partial charge in [0.25, 0.3) is 0 Å². The van der Waals surface area contributed by atoms with Crippen LogP contribution in [0.15, 0.2) is 93.7 Å². The molecule has 0 radical (unpaired) electrons. The first-order valence-corrected chi connectivity index (χ1v) is 12.1. The Balaban J connectivity index is 1.70. The Labute approximate surface area is 183 Å². The average Bonchev–Trinajstić information content (AvgIpc) is 3.13. The van der Waals surface area contributed by atoms with Crippen LogP contribution in [0.25, 0.3) is 10.9 Å². The molecule has 4 rings (SSSR count). The lowest BCUT2D eigenvalue weighted by atomic mass is 10.2. The zero-order valence-corrected chi connectivity index (χ0v) is 18.2. The molecule has 0 aliphatic rings. The van der Waals surface area contributed by atoms with Crippen molar-refractivity contribution in [3.8, 4) is 0 Å². The number of sulfone groups is 1. The maximum absolute atomic E-state index is 13.3. The average molecular weight is 455 g/mol. The van der Waals surface area contributed by atoms with Crippen LogP contribution in [0.5, 0.6) is 0 Å². The van der Waals surface area contributed by atoms with Gasteiger partial charge in [-0.05, 0) is 48.7 Å². The lowest BCUT2D eigenvalue weighted by molar-refractivity contribution is -0.116. The van der Waals surface area contributed by atoms with E-state index in [4.69, 9.17) is 0 Å². The summed E-state index contributed by atoms with van der Waals surface area (Å²) in [5.41, 5.74) is 1.33. The number of hydrogen-bond acceptors (Lipinski definition) is 4. The van der Waals surface area contributed by atoms with E-state index < -0.39 is 15.7 Å². The summed E-state index contributed by atoms with van der Waals surface area (Å²) in [6.45, 7) is -0.0534. The normalized spacial score (nSPS) is 11.5. The van der Waals surface area contributed by atoms with Crippen LogP contribution < -0.4 is 5.32 Å². The molecule has 0 spiro atoms. The fraction of sp³-hybridized carbons (Fsp3) is 0.0870. The lowest BCUT2D eigenvalue weighted by Crippen LogP contribution is -2.18. The first-order valence-electron chi connectivity index (χ1n) is 9.41. The minimum atomic E-state index is -3.89. The predicted molar refractivity (Wildman–Crippen MR) is 121 cm³/mol. The third kappa shape index (κ3) is 4.22. The molecule has 3 aromatic carbocycles. The van der Waals surface area contributed by atoms with Gasteiger partial charge in [-0.25, -0.2) is 12.8 Å². The number of aromatic nitrogens is 1. The molecular weight excluding hydrogens is 435 g/mol. The van der Waals surface area contributed by atoms with Crippen LogP contribution >= 0.6 is 11.8 Å². The number of carbonyl (C=O) groups excluding carboxylic acids is 1. The topological polar surface area (TPSA) is 68.2 Å². The van der Waals surface area contributed by atoms with Crippen molar-refractivity contribution in [1.82, 2.24) is 4.57 Å². The Hall–Kier alpha value is -3.10. The molecule has 1 amide bonds. The first kappa shape index (κ1) is 21.1. The number of fused-ring (bicyclic) bond motifs is 1. The SMILES string of the molecule is CSc1ccccc1NC(=O)Cn1cc(S(=O)(=O)c2ccc(F)cc2)c2ccccc21. The minimum absolute atomic E-state index is 0.00449. The van der Waals surface area contributed by atoms with Crippen molar-refractivity contribution in [1.29, 1.82) is 0 Å². The number of nitrogens with one attached hydrogen (secondary N) is 1. The van der Waals surface area contributed by atoms with Crippen molar-refractivity contribution in [2.75, 3.05) is 11.6 Å². The van der Waals surface area contributed by atoms with Crippen LogP contribution in [0.3, 0.4) is 0 Å². The van der Waals surface area contributed by atoms with Crippen molar-refractivity contribution in [3.63, 3.8) is 0 Å². The van der Waals surface area contributed by atoms with Crippen molar-refractivity contribution >= 4 is 44.1 Å². The Kier molecular flexibility index (Phi) is 5.84. The molecule has 4 aromatic rings. The number of benzene rings is 3. The van der Waals surface area contributed by atoms with E-state index in [1.54, 1.807) is 28.8 Å². The van der Waals surface area contributed by atoms with Crippen molar-refractivity contribution in [2.45, 2.75) is 21.2 Å². The third-order valence-corrected chi connectivity index (χ3v) is 7.45. The molecule has 0 aliphatic heterocycles. The molecule has 1 aromatic heterocycles. The second kappa shape index (κ2) is 8.56. The molecule has 31 heavy (non-hydrogen) atoms. The monoisotopic (exact) mass is 454 g/mol. The highest BCUT2D eigenvalue weighted by molar-refractivity contribution is 7.98. The summed E-state index contributed by atoms with van der Waals surface area (Å²) in [7, 11) is -3.89. The lowest BCUT2D eigenvalue weighted by Gasteiger charge is -2.10. The number of anilines is 1. The van der Waals surface area contributed by atoms with E-state index in [1.165, 1.54) is 30.1 Å². The number of amides is 1. The van der Waals surface area contributed by atoms with Gasteiger partial charge in [0.2, 0.25) is 15.7 Å². The number of para-hydroxylation sites is 2. The molecule has 5 nitrogen and oxygen atoms in total. The second-order valence-electron chi connectivity index (χ2n) is 6.84. The number of thioether (sulfide) groups is 1. The van der Waals surface area contributed by atoms with Crippen LogP contribution in [0.1, 0.15) is 0 Å². The maximum Gasteiger partial charge on any atom is 0.244 e. The molecule has 0 bridgehead atoms. The van der Waals surface area contributed by atoms with Gasteiger partial charge in [-0.15, -0.1) is 11.8 Å². The van der Waals surface area contributed by atoms with Crippen LogP contribution in [-0.4, -0.2) is 25.1 Å². The molecule has 0 atom stereocenters. The first-order chi connectivity index (χ1) is 14.9. The molecule has 0 saturated carbocycles. The fourth-order valence-electron chi connectivity index (χ4n) is 3.39. The van der Waals surface area contributed by atoms with Crippen LogP contribution in [0.4, 0.5) is 10.1 Å². The predicted octanol–water partition coefficient (Wildman–Crippen LogP) is 4.97. The number of rotatable bonds is 6. The molecule has 0 aliphatic carbocycles. The summed E-state index contributed by atoms with van der Waals surface area (Å²) in [5.74, 6) is -0.781. The molecule has 0 saturated heterocycles. The van der Waals surface area contributed by atoms with Gasteiger partial charge < -0.3 is 9.88 Å². The van der Waals surface area contributed by atoms with Crippen molar-refractivity contribution < 1.29 is 17.6 Å². The number of halogens is 1. The molecule has 0 unspecified atom stereocenters. The maximum atomic E-state index is 13.3. The Morgan fingerprint density at radius 3 is 2.42 bits per heavy atom. The molecule has 8 heteroatoms. The second-order valence-corrected chi connectivity index (χ2v) is 9.61. The highest BCUT2D eigenvalue weighted by Gasteiger charge is 2.24. The third-order valence-electron chi connectivity index (χ3n) is 4.86. The van der Waals surface area contributed by atoms with Gasteiger partial charge in [-0.1, -0.05) is 30.3 Å². The summed E-state index contributed by atoms with van der Waals surface area (Å²) in [4.78, 5) is 13.7. The number of nitrogens with zero attached hydrogens (tertiary/aromatic N) is 1. The van der Waals surface area contributed by atoms with Gasteiger partial charge in [0.15, 0.2) is 0 Å². The van der Waals surface area contributed by atoms with Crippen molar-refractivity contribution in [3.05, 3.63) is 84.8 Å². The molecule has 0 fully saturated rings. The zero-order chi connectivity index (χ0) is 22.0. The zero-order valence-electron chi connectivity index (χ0n) is 16.6. The van der Waals surface area contributed by atoms with E-state index >= 15 is 0 Å². The summed E-state index contributed by atoms with van der Waals surface area (Å²) in [5, 5.41) is 3.39. The summed E-state index contributed by atoms with van der Waals surface area (Å²) < 4.78 is 41.3. The highest BCUT2D eigenvalue weighted by Crippen LogP contribution is 2.30. The van der Waals surface area contributed by atoms with E-state index in [-0.39, 0.29) is 22.2 Å². The number of carbonyl (C=O) groups is 1. The van der Waals surface area contributed by atoms with E-state index in [0.717, 1.165) is 17.0 Å². The van der Waals surface area contributed by atoms with Gasteiger partial charge in [-0.3, -0.25) is 4.79 Å². The molecule has 158 valence electrons. The highest BCUT2D eigenvalue weighted by atomic mass is 32.2. The Morgan fingerprint density at radius 1 is 1.00 bits per heavy atom. The number of hydrogen-bond donors (Lipinski definition) is 1. The largest absolute Gasteiger partial charge is 0.337 e. The van der Waals surface area contributed by atoms with E-state index in [2.05, 4.69) is 5.32 Å². The van der Waals surface area contributed by atoms with Gasteiger partial charge in [0.05, 0.1) is 15.5 Å². The van der Waals surface area contributed by atoms with Crippen LogP contribution in [0, 0.1) is 5.82 Å².